The Hall–Kier alpha value is -2.39. The van der Waals surface area contributed by atoms with Gasteiger partial charge in [0, 0.05) is 0 Å². The van der Waals surface area contributed by atoms with Gasteiger partial charge in [0.25, 0.3) is 0 Å². The molecule has 0 N–H and O–H groups in total. The fourth-order valence-electron chi connectivity index (χ4n) is 2.50. The van der Waals surface area contributed by atoms with Crippen LogP contribution in [-0.4, -0.2) is 33.1 Å². The number of hydrogen-bond acceptors (Lipinski definition) is 3. The molecule has 0 aliphatic heterocycles. The molecule has 0 saturated heterocycles. The van der Waals surface area contributed by atoms with E-state index in [4.69, 9.17) is 5.53 Å². The first-order valence-corrected chi connectivity index (χ1v) is 9.78. The molecule has 0 aromatic heterocycles. The molecule has 2 rings (SSSR count). The second-order valence-corrected chi connectivity index (χ2v) is 8.48. The topological polar surface area (TPSA) is 82.9 Å². The Morgan fingerprint density at radius 3 is 2.24 bits per heavy atom. The fraction of sp³-hybridized carbons (Fsp3) is 0.263. The molecule has 5 nitrogen and oxygen atoms in total. The van der Waals surface area contributed by atoms with Crippen molar-refractivity contribution in [3.63, 3.8) is 0 Å². The van der Waals surface area contributed by atoms with Gasteiger partial charge in [0.15, 0.2) is 0 Å². The Morgan fingerprint density at radius 2 is 1.68 bits per heavy atom. The molecule has 128 valence electrons. The van der Waals surface area contributed by atoms with Crippen LogP contribution in [0.25, 0.3) is 10.4 Å². The van der Waals surface area contributed by atoms with Gasteiger partial charge in [-0.2, -0.15) is 0 Å². The van der Waals surface area contributed by atoms with Crippen LogP contribution in [0.15, 0.2) is 65.8 Å². The van der Waals surface area contributed by atoms with Crippen molar-refractivity contribution < 1.29 is 9.59 Å². The van der Waals surface area contributed by atoms with Crippen molar-refractivity contribution in [2.24, 2.45) is 11.0 Å². The second-order valence-electron chi connectivity index (χ2n) is 5.60. The molecule has 0 radical (unpaired) electrons. The van der Waals surface area contributed by atoms with Crippen LogP contribution in [0.2, 0.25) is 4.82 Å². The van der Waals surface area contributed by atoms with Crippen molar-refractivity contribution >= 4 is 31.0 Å². The van der Waals surface area contributed by atoms with Crippen LogP contribution < -0.4 is 4.46 Å². The Morgan fingerprint density at radius 1 is 1.08 bits per heavy atom. The molecule has 6 heteroatoms. The third-order valence-electron chi connectivity index (χ3n) is 3.76. The fourth-order valence-corrected chi connectivity index (χ4v) is 4.87. The predicted molar refractivity (Wildman–Crippen MR) is 99.2 cm³/mol. The zero-order chi connectivity index (χ0) is 18.1. The van der Waals surface area contributed by atoms with E-state index in [1.54, 1.807) is 24.3 Å². The van der Waals surface area contributed by atoms with Crippen LogP contribution in [0.1, 0.15) is 23.7 Å². The summed E-state index contributed by atoms with van der Waals surface area (Å²) in [5, 5.41) is 3.69. The van der Waals surface area contributed by atoms with Crippen molar-refractivity contribution in [3.8, 4) is 0 Å². The summed E-state index contributed by atoms with van der Waals surface area (Å²) in [5.74, 6) is -1.02. The van der Waals surface area contributed by atoms with E-state index in [9.17, 15) is 9.59 Å². The second kappa shape index (κ2) is 9.80. The van der Waals surface area contributed by atoms with Gasteiger partial charge < -0.3 is 0 Å². The molecular weight excluding hydrogens is 381 g/mol. The molecule has 0 heterocycles. The monoisotopic (exact) mass is 401 g/mol. The van der Waals surface area contributed by atoms with E-state index in [1.807, 2.05) is 36.4 Å². The maximum absolute atomic E-state index is 12.7. The molecule has 2 atom stereocenters. The van der Waals surface area contributed by atoms with E-state index in [0.29, 0.717) is 12.0 Å². The van der Waals surface area contributed by atoms with Crippen molar-refractivity contribution in [1.29, 1.82) is 0 Å². The molecule has 0 amide bonds. The number of ketones is 2. The van der Waals surface area contributed by atoms with Crippen molar-refractivity contribution in [1.82, 2.24) is 0 Å². The first-order valence-electron chi connectivity index (χ1n) is 7.94. The quantitative estimate of drug-likeness (QED) is 0.161. The van der Waals surface area contributed by atoms with Gasteiger partial charge in [0.1, 0.15) is 0 Å². The maximum atomic E-state index is 12.7. The molecule has 25 heavy (non-hydrogen) atoms. The molecule has 2 aromatic rings. The van der Waals surface area contributed by atoms with Gasteiger partial charge in [-0.3, -0.25) is 0 Å². The van der Waals surface area contributed by atoms with Crippen LogP contribution >= 0.6 is 0 Å². The summed E-state index contributed by atoms with van der Waals surface area (Å²) in [4.78, 5) is 27.7. The first-order chi connectivity index (χ1) is 12.1. The van der Waals surface area contributed by atoms with Gasteiger partial charge in [-0.25, -0.2) is 0 Å². The van der Waals surface area contributed by atoms with Crippen LogP contribution in [-0.2, 0) is 4.79 Å². The van der Waals surface area contributed by atoms with Gasteiger partial charge >= 0.3 is 153 Å². The summed E-state index contributed by atoms with van der Waals surface area (Å²) in [6.07, 6.45) is 0.400. The molecule has 0 bridgehead atoms. The minimum atomic E-state index is -0.702. The van der Waals surface area contributed by atoms with Gasteiger partial charge in [0.2, 0.25) is 0 Å². The Balaban J connectivity index is 2.18. The number of Topliss-reactive ketones (excluding diaryl/α,β-unsaturated/α-hetero) is 2. The van der Waals surface area contributed by atoms with E-state index in [0.717, 1.165) is 4.46 Å². The van der Waals surface area contributed by atoms with Gasteiger partial charge in [-0.05, 0) is 0 Å². The third kappa shape index (κ3) is 5.87. The van der Waals surface area contributed by atoms with Crippen molar-refractivity contribution in [2.75, 3.05) is 6.54 Å². The molecule has 0 fully saturated rings. The zero-order valence-corrected chi connectivity index (χ0v) is 15.6. The standard InChI is InChI=1S/C19H19N3O2Se/c1-14(23)18(19(24)15-8-4-2-5-9-15)12-17(13-21-22-20)25-16-10-6-3-7-11-16/h2-11,17-18H,12-13H2,1H3. The van der Waals surface area contributed by atoms with E-state index < -0.39 is 5.92 Å². The Bertz CT molecular complexity index is 759. The average molecular weight is 400 g/mol. The van der Waals surface area contributed by atoms with Gasteiger partial charge in [0.05, 0.1) is 0 Å². The van der Waals surface area contributed by atoms with Crippen molar-refractivity contribution in [2.45, 2.75) is 18.2 Å². The number of rotatable bonds is 9. The summed E-state index contributed by atoms with van der Waals surface area (Å²) < 4.78 is 1.16. The minimum absolute atomic E-state index is 0.00707. The number of nitrogens with zero attached hydrogens (tertiary/aromatic N) is 3. The molecular formula is C19H19N3O2Se. The normalized spacial score (nSPS) is 12.7. The summed E-state index contributed by atoms with van der Waals surface area (Å²) in [7, 11) is 0. The van der Waals surface area contributed by atoms with Crippen LogP contribution in [0.5, 0.6) is 0 Å². The van der Waals surface area contributed by atoms with E-state index in [1.165, 1.54) is 6.92 Å². The van der Waals surface area contributed by atoms with E-state index in [2.05, 4.69) is 10.0 Å². The zero-order valence-electron chi connectivity index (χ0n) is 13.9. The third-order valence-corrected chi connectivity index (χ3v) is 6.32. The molecule has 0 spiro atoms. The number of hydrogen-bond donors (Lipinski definition) is 0. The SMILES string of the molecule is CC(=O)C(CC(CN=[N+]=[N-])[Se]c1ccccc1)C(=O)c1ccccc1. The summed E-state index contributed by atoms with van der Waals surface area (Å²) in [5.41, 5.74) is 9.18. The first kappa shape index (κ1) is 18.9. The summed E-state index contributed by atoms with van der Waals surface area (Å²) in [6, 6.07) is 18.8. The predicted octanol–water partition coefficient (Wildman–Crippen LogP) is 3.59. The van der Waals surface area contributed by atoms with Crippen molar-refractivity contribution in [3.05, 3.63) is 76.7 Å². The van der Waals surface area contributed by atoms with E-state index >= 15 is 0 Å². The van der Waals surface area contributed by atoms with Gasteiger partial charge in [-0.1, -0.05) is 0 Å². The Kier molecular flexibility index (Phi) is 7.42. The summed E-state index contributed by atoms with van der Waals surface area (Å²) in [6.45, 7) is 1.74. The van der Waals surface area contributed by atoms with Gasteiger partial charge in [-0.15, -0.1) is 0 Å². The number of azide groups is 1. The molecule has 0 aliphatic carbocycles. The molecule has 2 unspecified atom stereocenters. The van der Waals surface area contributed by atoms with Crippen LogP contribution in [0.4, 0.5) is 0 Å². The van der Waals surface area contributed by atoms with Crippen LogP contribution in [0, 0.1) is 5.92 Å². The number of carbonyl (C=O) groups excluding carboxylic acids is 2. The number of benzene rings is 2. The molecule has 2 aromatic carbocycles. The van der Waals surface area contributed by atoms with E-state index in [-0.39, 0.29) is 37.9 Å². The Labute approximate surface area is 153 Å². The molecule has 0 saturated carbocycles. The molecule has 0 aliphatic rings. The number of carbonyl (C=O) groups is 2. The average Bonchev–Trinajstić information content (AvgIpc) is 2.64. The summed E-state index contributed by atoms with van der Waals surface area (Å²) >= 11 is 0.0140. The van der Waals surface area contributed by atoms with Crippen LogP contribution in [0.3, 0.4) is 0 Å².